The van der Waals surface area contributed by atoms with Gasteiger partial charge < -0.3 is 10.3 Å². The Bertz CT molecular complexity index is 439. The maximum Gasteiger partial charge on any atom is 0.227 e. The first-order valence-corrected chi connectivity index (χ1v) is 8.77. The summed E-state index contributed by atoms with van der Waals surface area (Å²) >= 11 is 0. The smallest absolute Gasteiger partial charge is 0.227 e. The van der Waals surface area contributed by atoms with Gasteiger partial charge in [0.25, 0.3) is 0 Å². The minimum absolute atomic E-state index is 0.253. The van der Waals surface area contributed by atoms with Crippen molar-refractivity contribution < 1.29 is 4.52 Å². The molecule has 0 radical (unpaired) electrons. The second-order valence-corrected chi connectivity index (χ2v) is 7.29. The highest BCUT2D eigenvalue weighted by molar-refractivity contribution is 5.01. The molecule has 4 nitrogen and oxygen atoms in total. The zero-order chi connectivity index (χ0) is 14.7. The summed E-state index contributed by atoms with van der Waals surface area (Å²) < 4.78 is 5.51. The number of rotatable bonds is 6. The third-order valence-electron chi connectivity index (χ3n) is 5.77. The van der Waals surface area contributed by atoms with Gasteiger partial charge in [0.1, 0.15) is 0 Å². The fourth-order valence-electron chi connectivity index (χ4n) is 4.07. The number of hydrogen-bond donors (Lipinski definition) is 1. The van der Waals surface area contributed by atoms with Crippen LogP contribution in [-0.2, 0) is 6.42 Å². The van der Waals surface area contributed by atoms with Crippen LogP contribution in [0.5, 0.6) is 0 Å². The molecular weight excluding hydrogens is 262 g/mol. The third kappa shape index (κ3) is 3.31. The van der Waals surface area contributed by atoms with Gasteiger partial charge in [-0.05, 0) is 56.4 Å². The van der Waals surface area contributed by atoms with E-state index in [0.717, 1.165) is 30.6 Å². The van der Waals surface area contributed by atoms with E-state index in [4.69, 9.17) is 10.3 Å². The number of hydrogen-bond acceptors (Lipinski definition) is 4. The van der Waals surface area contributed by atoms with Gasteiger partial charge >= 0.3 is 0 Å². The van der Waals surface area contributed by atoms with E-state index in [9.17, 15) is 0 Å². The Labute approximate surface area is 127 Å². The van der Waals surface area contributed by atoms with Crippen molar-refractivity contribution in [3.05, 3.63) is 11.7 Å². The average molecular weight is 291 g/mol. The van der Waals surface area contributed by atoms with Crippen LogP contribution in [0.1, 0.15) is 82.3 Å². The highest BCUT2D eigenvalue weighted by Gasteiger charge is 2.37. The molecule has 0 spiro atoms. The Morgan fingerprint density at radius 1 is 1.24 bits per heavy atom. The molecule has 1 aromatic rings. The van der Waals surface area contributed by atoms with Crippen molar-refractivity contribution in [3.63, 3.8) is 0 Å². The van der Waals surface area contributed by atoms with Crippen molar-refractivity contribution >= 4 is 0 Å². The van der Waals surface area contributed by atoms with E-state index in [1.54, 1.807) is 0 Å². The Kier molecular flexibility index (Phi) is 4.63. The molecule has 1 aromatic heterocycles. The van der Waals surface area contributed by atoms with Crippen LogP contribution in [0.3, 0.4) is 0 Å². The Hall–Kier alpha value is -0.900. The minimum Gasteiger partial charge on any atom is -0.339 e. The molecule has 2 aliphatic carbocycles. The second kappa shape index (κ2) is 6.47. The topological polar surface area (TPSA) is 64.9 Å². The monoisotopic (exact) mass is 291 g/mol. The highest BCUT2D eigenvalue weighted by Crippen LogP contribution is 2.43. The van der Waals surface area contributed by atoms with E-state index in [0.29, 0.717) is 5.92 Å². The molecule has 3 rings (SSSR count). The van der Waals surface area contributed by atoms with Crippen molar-refractivity contribution in [1.29, 1.82) is 0 Å². The molecule has 2 saturated carbocycles. The van der Waals surface area contributed by atoms with Crippen LogP contribution in [0.25, 0.3) is 0 Å². The van der Waals surface area contributed by atoms with E-state index >= 15 is 0 Å². The molecule has 0 saturated heterocycles. The number of aromatic nitrogens is 2. The summed E-state index contributed by atoms with van der Waals surface area (Å²) in [6, 6.07) is 0. The third-order valence-corrected chi connectivity index (χ3v) is 5.77. The van der Waals surface area contributed by atoms with Crippen LogP contribution in [0.4, 0.5) is 0 Å². The van der Waals surface area contributed by atoms with Crippen molar-refractivity contribution in [2.75, 3.05) is 6.54 Å². The predicted molar refractivity (Wildman–Crippen MR) is 82.9 cm³/mol. The first-order valence-electron chi connectivity index (χ1n) is 8.77. The standard InChI is InChI=1S/C17H29N3O/c1-2-4-13-5-7-14(8-6-13)16-19-15(21-20-16)11-17(12-18)9-3-10-17/h13-14H,2-12,18H2,1H3. The molecule has 2 N–H and O–H groups in total. The highest BCUT2D eigenvalue weighted by atomic mass is 16.5. The van der Waals surface area contributed by atoms with Gasteiger partial charge in [-0.1, -0.05) is 31.3 Å². The second-order valence-electron chi connectivity index (χ2n) is 7.29. The zero-order valence-corrected chi connectivity index (χ0v) is 13.3. The van der Waals surface area contributed by atoms with E-state index in [-0.39, 0.29) is 5.41 Å². The van der Waals surface area contributed by atoms with Gasteiger partial charge in [-0.25, -0.2) is 0 Å². The summed E-state index contributed by atoms with van der Waals surface area (Å²) in [7, 11) is 0. The van der Waals surface area contributed by atoms with Gasteiger partial charge in [-0.2, -0.15) is 4.98 Å². The summed E-state index contributed by atoms with van der Waals surface area (Å²) in [6.07, 6.45) is 12.4. The Balaban J connectivity index is 1.56. The molecule has 4 heteroatoms. The molecular formula is C17H29N3O. The van der Waals surface area contributed by atoms with Crippen LogP contribution in [0.2, 0.25) is 0 Å². The summed E-state index contributed by atoms with van der Waals surface area (Å²) in [5, 5.41) is 4.26. The van der Waals surface area contributed by atoms with Gasteiger partial charge in [-0.3, -0.25) is 0 Å². The first-order chi connectivity index (χ1) is 10.2. The zero-order valence-electron chi connectivity index (χ0n) is 13.3. The molecule has 0 unspecified atom stereocenters. The molecule has 0 amide bonds. The molecule has 2 fully saturated rings. The van der Waals surface area contributed by atoms with Gasteiger partial charge in [0.2, 0.25) is 5.89 Å². The lowest BCUT2D eigenvalue weighted by Crippen LogP contribution is -2.39. The summed E-state index contributed by atoms with van der Waals surface area (Å²) in [5.41, 5.74) is 6.17. The van der Waals surface area contributed by atoms with Crippen molar-refractivity contribution in [2.45, 2.75) is 77.0 Å². The van der Waals surface area contributed by atoms with E-state index in [1.807, 2.05) is 0 Å². The van der Waals surface area contributed by atoms with E-state index in [2.05, 4.69) is 17.1 Å². The lowest BCUT2D eigenvalue weighted by molar-refractivity contribution is 0.129. The number of nitrogens with zero attached hydrogens (tertiary/aromatic N) is 2. The normalized spacial score (nSPS) is 28.3. The van der Waals surface area contributed by atoms with Crippen LogP contribution in [-0.4, -0.2) is 16.7 Å². The fraction of sp³-hybridized carbons (Fsp3) is 0.882. The van der Waals surface area contributed by atoms with Crippen molar-refractivity contribution in [1.82, 2.24) is 10.1 Å². The molecule has 1 heterocycles. The largest absolute Gasteiger partial charge is 0.339 e. The van der Waals surface area contributed by atoms with Gasteiger partial charge in [-0.15, -0.1) is 0 Å². The maximum atomic E-state index is 5.92. The van der Waals surface area contributed by atoms with Crippen molar-refractivity contribution in [2.24, 2.45) is 17.1 Å². The number of nitrogens with two attached hydrogens (primary N) is 1. The quantitative estimate of drug-likeness (QED) is 0.865. The van der Waals surface area contributed by atoms with Crippen LogP contribution < -0.4 is 5.73 Å². The maximum absolute atomic E-state index is 5.92. The fourth-order valence-corrected chi connectivity index (χ4v) is 4.07. The molecule has 2 aliphatic rings. The van der Waals surface area contributed by atoms with Crippen LogP contribution in [0, 0.1) is 11.3 Å². The summed E-state index contributed by atoms with van der Waals surface area (Å²) in [6.45, 7) is 3.03. The predicted octanol–water partition coefficient (Wildman–Crippen LogP) is 3.82. The van der Waals surface area contributed by atoms with Crippen LogP contribution >= 0.6 is 0 Å². The minimum atomic E-state index is 0.253. The Morgan fingerprint density at radius 3 is 2.57 bits per heavy atom. The van der Waals surface area contributed by atoms with Gasteiger partial charge in [0.15, 0.2) is 5.82 Å². The molecule has 0 atom stereocenters. The summed E-state index contributed by atoms with van der Waals surface area (Å²) in [4.78, 5) is 4.69. The summed E-state index contributed by atoms with van der Waals surface area (Å²) in [5.74, 6) is 3.20. The lowest BCUT2D eigenvalue weighted by Gasteiger charge is -2.39. The molecule has 0 aliphatic heterocycles. The lowest BCUT2D eigenvalue weighted by atomic mass is 9.67. The first kappa shape index (κ1) is 15.0. The molecule has 0 bridgehead atoms. The molecule has 0 aromatic carbocycles. The Morgan fingerprint density at radius 2 is 2.00 bits per heavy atom. The van der Waals surface area contributed by atoms with Gasteiger partial charge in [0.05, 0.1) is 0 Å². The van der Waals surface area contributed by atoms with Crippen LogP contribution in [0.15, 0.2) is 4.52 Å². The van der Waals surface area contributed by atoms with E-state index < -0.39 is 0 Å². The van der Waals surface area contributed by atoms with Gasteiger partial charge in [0, 0.05) is 12.3 Å². The average Bonchev–Trinajstić information content (AvgIpc) is 2.92. The van der Waals surface area contributed by atoms with E-state index in [1.165, 1.54) is 57.8 Å². The SMILES string of the molecule is CCCC1CCC(c2noc(CC3(CN)CCC3)n2)CC1. The molecule has 21 heavy (non-hydrogen) atoms. The molecule has 118 valence electrons. The van der Waals surface area contributed by atoms with Crippen molar-refractivity contribution in [3.8, 4) is 0 Å².